The van der Waals surface area contributed by atoms with Gasteiger partial charge in [0.25, 0.3) is 11.5 Å². The van der Waals surface area contributed by atoms with E-state index in [1.165, 1.54) is 25.1 Å². The predicted molar refractivity (Wildman–Crippen MR) is 108 cm³/mol. The van der Waals surface area contributed by atoms with Crippen LogP contribution in [-0.2, 0) is 19.1 Å². The van der Waals surface area contributed by atoms with Crippen molar-refractivity contribution in [2.75, 3.05) is 7.11 Å². The molecule has 0 aliphatic carbocycles. The molecule has 0 unspecified atom stereocenters. The summed E-state index contributed by atoms with van der Waals surface area (Å²) in [5, 5.41) is 33.2. The minimum atomic E-state index is -2.52. The Balaban J connectivity index is 2.03. The summed E-state index contributed by atoms with van der Waals surface area (Å²) < 4.78 is 10.8. The zero-order valence-electron chi connectivity index (χ0n) is 17.2. The fourth-order valence-electron chi connectivity index (χ4n) is 3.59. The third kappa shape index (κ3) is 3.22. The van der Waals surface area contributed by atoms with Gasteiger partial charge in [0, 0.05) is 24.7 Å². The van der Waals surface area contributed by atoms with E-state index in [2.05, 4.69) is 5.32 Å². The molecule has 2 aliphatic heterocycles. The van der Waals surface area contributed by atoms with Crippen LogP contribution < -0.4 is 5.32 Å². The van der Waals surface area contributed by atoms with E-state index in [4.69, 9.17) is 9.47 Å². The molecule has 2 aliphatic rings. The van der Waals surface area contributed by atoms with Gasteiger partial charge in [-0.2, -0.15) is 0 Å². The van der Waals surface area contributed by atoms with Gasteiger partial charge in [-0.25, -0.2) is 0 Å². The molecule has 1 aromatic carbocycles. The van der Waals surface area contributed by atoms with Crippen molar-refractivity contribution in [2.24, 2.45) is 0 Å². The zero-order valence-corrected chi connectivity index (χ0v) is 17.2. The first-order valence-electron chi connectivity index (χ1n) is 9.55. The number of hydrogen-bond donors (Lipinski definition) is 4. The van der Waals surface area contributed by atoms with Crippen molar-refractivity contribution in [1.29, 1.82) is 0 Å². The van der Waals surface area contributed by atoms with Crippen molar-refractivity contribution < 1.29 is 39.2 Å². The molecule has 1 amide bonds. The molecule has 0 bridgehead atoms. The predicted octanol–water partition coefficient (Wildman–Crippen LogP) is 1.61. The highest BCUT2D eigenvalue weighted by Gasteiger charge is 2.74. The van der Waals surface area contributed by atoms with E-state index in [1.807, 2.05) is 0 Å². The molecule has 0 radical (unpaired) electrons. The Kier molecular flexibility index (Phi) is 5.75. The first-order chi connectivity index (χ1) is 14.7. The number of hydrogen-bond acceptors (Lipinski definition) is 8. The molecule has 1 aromatic rings. The molecule has 9 nitrogen and oxygen atoms in total. The number of aliphatic hydroxyl groups is 3. The van der Waals surface area contributed by atoms with Gasteiger partial charge in [0.05, 0.1) is 5.76 Å². The van der Waals surface area contributed by atoms with Gasteiger partial charge in [-0.15, -0.1) is 0 Å². The number of carbonyl (C=O) groups is 3. The molecule has 3 rings (SSSR count). The standard InChI is InChI=1S/C22H23NO8/c1-4-14(24)10-11-15(25)16-12(2)17(26)21(31-16)19(28)22(30-3,23-20(21)29)18(27)13-8-6-5-7-9-13/h5-11,19,24-25,28H,4H2,1-3H3,(H,23,29)/b14-10-,15-11-/t19-,21-,22-/m0/s1. The second-order valence-corrected chi connectivity index (χ2v) is 7.18. The maximum Gasteiger partial charge on any atom is 0.279 e. The number of allylic oxidation sites excluding steroid dienone is 3. The number of benzene rings is 1. The summed E-state index contributed by atoms with van der Waals surface area (Å²) in [6.45, 7) is 3.00. The van der Waals surface area contributed by atoms with Crippen LogP contribution >= 0.6 is 0 Å². The molecule has 0 aromatic heterocycles. The fourth-order valence-corrected chi connectivity index (χ4v) is 3.59. The largest absolute Gasteiger partial charge is 0.512 e. The van der Waals surface area contributed by atoms with Gasteiger partial charge in [0.1, 0.15) is 0 Å². The van der Waals surface area contributed by atoms with E-state index in [-0.39, 0.29) is 22.7 Å². The van der Waals surface area contributed by atoms with Crippen molar-refractivity contribution in [1.82, 2.24) is 5.32 Å². The molecule has 9 heteroatoms. The topological polar surface area (TPSA) is 142 Å². The molecule has 1 fully saturated rings. The number of carbonyl (C=O) groups excluding carboxylic acids is 3. The fraction of sp³-hybridized carbons (Fsp3) is 0.318. The molecule has 4 N–H and O–H groups in total. The highest BCUT2D eigenvalue weighted by Crippen LogP contribution is 2.44. The van der Waals surface area contributed by atoms with Crippen LogP contribution in [0, 0.1) is 0 Å². The van der Waals surface area contributed by atoms with Crippen LogP contribution in [-0.4, -0.2) is 57.3 Å². The number of ether oxygens (including phenoxy) is 2. The van der Waals surface area contributed by atoms with E-state index < -0.39 is 40.7 Å². The van der Waals surface area contributed by atoms with Crippen LogP contribution in [0.3, 0.4) is 0 Å². The molecule has 1 saturated heterocycles. The smallest absolute Gasteiger partial charge is 0.279 e. The maximum atomic E-state index is 13.1. The minimum absolute atomic E-state index is 0.0330. The molecule has 3 atom stereocenters. The monoisotopic (exact) mass is 429 g/mol. The van der Waals surface area contributed by atoms with Crippen LogP contribution in [0.25, 0.3) is 0 Å². The number of ketones is 2. The van der Waals surface area contributed by atoms with E-state index in [1.54, 1.807) is 25.1 Å². The molecule has 1 spiro atoms. The lowest BCUT2D eigenvalue weighted by Crippen LogP contribution is -2.60. The van der Waals surface area contributed by atoms with Gasteiger partial charge in [-0.1, -0.05) is 37.3 Å². The van der Waals surface area contributed by atoms with Crippen LogP contribution in [0.4, 0.5) is 0 Å². The number of aliphatic hydroxyl groups excluding tert-OH is 3. The summed E-state index contributed by atoms with van der Waals surface area (Å²) in [6.07, 6.45) is 0.558. The Morgan fingerprint density at radius 1 is 1.23 bits per heavy atom. The van der Waals surface area contributed by atoms with Gasteiger partial charge >= 0.3 is 0 Å². The van der Waals surface area contributed by atoms with Gasteiger partial charge in [-0.05, 0) is 19.1 Å². The van der Waals surface area contributed by atoms with E-state index in [0.29, 0.717) is 6.42 Å². The van der Waals surface area contributed by atoms with Crippen LogP contribution in [0.1, 0.15) is 30.6 Å². The zero-order chi connectivity index (χ0) is 23.0. The van der Waals surface area contributed by atoms with Crippen LogP contribution in [0.2, 0.25) is 0 Å². The summed E-state index contributed by atoms with van der Waals surface area (Å²) in [5.41, 5.74) is -4.78. The van der Waals surface area contributed by atoms with Gasteiger partial charge in [0.15, 0.2) is 17.6 Å². The third-order valence-electron chi connectivity index (χ3n) is 5.41. The summed E-state index contributed by atoms with van der Waals surface area (Å²) in [7, 11) is 1.11. The third-order valence-corrected chi connectivity index (χ3v) is 5.41. The lowest BCUT2D eigenvalue weighted by atomic mass is 9.85. The van der Waals surface area contributed by atoms with E-state index in [9.17, 15) is 29.7 Å². The summed E-state index contributed by atoms with van der Waals surface area (Å²) in [6, 6.07) is 7.82. The Morgan fingerprint density at radius 3 is 2.45 bits per heavy atom. The van der Waals surface area contributed by atoms with Gasteiger partial charge in [0.2, 0.25) is 17.3 Å². The normalized spacial score (nSPS) is 28.8. The Morgan fingerprint density at radius 2 is 1.87 bits per heavy atom. The lowest BCUT2D eigenvalue weighted by Gasteiger charge is -2.32. The number of methoxy groups -OCH3 is 1. The van der Waals surface area contributed by atoms with Gasteiger partial charge < -0.3 is 30.1 Å². The number of Topliss-reactive ketones (excluding diaryl/α,β-unsaturated/α-hetero) is 2. The average Bonchev–Trinajstić information content (AvgIpc) is 3.18. The first-order valence-corrected chi connectivity index (χ1v) is 9.55. The number of nitrogens with one attached hydrogen (secondary N) is 1. The first kappa shape index (κ1) is 22.3. The number of amides is 1. The Bertz CT molecular complexity index is 1030. The molecule has 2 heterocycles. The quantitative estimate of drug-likeness (QED) is 0.231. The molecular weight excluding hydrogens is 406 g/mol. The second kappa shape index (κ2) is 8.01. The maximum absolute atomic E-state index is 13.1. The molecule has 0 saturated carbocycles. The molecule has 164 valence electrons. The SMILES string of the molecule is CC/C(O)=C/C=C(\O)C1=C(C)C(=O)[C@@]2(O1)C(=O)N[C@](OC)(C(=O)c1ccccc1)[C@H]2O. The minimum Gasteiger partial charge on any atom is -0.512 e. The van der Waals surface area contributed by atoms with Crippen molar-refractivity contribution in [3.63, 3.8) is 0 Å². The molecule has 31 heavy (non-hydrogen) atoms. The number of rotatable bonds is 6. The van der Waals surface area contributed by atoms with Crippen molar-refractivity contribution in [3.05, 3.63) is 70.9 Å². The lowest BCUT2D eigenvalue weighted by molar-refractivity contribution is -0.160. The Hall–Kier alpha value is -3.43. The second-order valence-electron chi connectivity index (χ2n) is 7.18. The van der Waals surface area contributed by atoms with Gasteiger partial charge in [-0.3, -0.25) is 14.4 Å². The van der Waals surface area contributed by atoms with Crippen molar-refractivity contribution >= 4 is 17.5 Å². The van der Waals surface area contributed by atoms with Crippen LogP contribution in [0.15, 0.2) is 65.3 Å². The summed E-state index contributed by atoms with van der Waals surface area (Å²) in [5.74, 6) is -3.69. The average molecular weight is 429 g/mol. The highest BCUT2D eigenvalue weighted by atomic mass is 16.6. The molecular formula is C22H23NO8. The van der Waals surface area contributed by atoms with Crippen molar-refractivity contribution in [3.8, 4) is 0 Å². The van der Waals surface area contributed by atoms with Crippen molar-refractivity contribution in [2.45, 2.75) is 37.7 Å². The van der Waals surface area contributed by atoms with E-state index >= 15 is 0 Å². The van der Waals surface area contributed by atoms with E-state index in [0.717, 1.165) is 13.2 Å². The summed E-state index contributed by atoms with van der Waals surface area (Å²) >= 11 is 0. The van der Waals surface area contributed by atoms with Crippen LogP contribution in [0.5, 0.6) is 0 Å². The Labute approximate surface area is 178 Å². The summed E-state index contributed by atoms with van der Waals surface area (Å²) in [4.78, 5) is 39.1. The highest BCUT2D eigenvalue weighted by molar-refractivity contribution is 6.23.